The van der Waals surface area contributed by atoms with Crippen LogP contribution >= 0.6 is 23.2 Å². The van der Waals surface area contributed by atoms with Crippen molar-refractivity contribution >= 4 is 57.0 Å². The summed E-state index contributed by atoms with van der Waals surface area (Å²) in [6, 6.07) is 11.7. The molecule has 5 rings (SSSR count). The monoisotopic (exact) mass is 535 g/mol. The van der Waals surface area contributed by atoms with Gasteiger partial charge in [0.15, 0.2) is 22.6 Å². The Bertz CT molecular complexity index is 1710. The molecule has 0 saturated heterocycles. The second kappa shape index (κ2) is 9.35. The largest absolute Gasteiger partial charge is 0.455 e. The summed E-state index contributed by atoms with van der Waals surface area (Å²) >= 11 is 12.6. The molecular weight excluding hydrogens is 517 g/mol. The van der Waals surface area contributed by atoms with Gasteiger partial charge in [-0.05, 0) is 63.2 Å². The number of carbonyl (C=O) groups excluding carboxylic acids is 1. The Morgan fingerprint density at radius 2 is 1.97 bits per heavy atom. The highest BCUT2D eigenvalue weighted by molar-refractivity contribution is 6.33. The van der Waals surface area contributed by atoms with Crippen LogP contribution in [0, 0.1) is 6.57 Å². The molecule has 3 aromatic heterocycles. The normalized spacial score (nSPS) is 11.6. The molecular formula is C25H19Cl2N7O3. The standard InChI is InChI=1S/C25H19Cl2N7O3/c1-25(2,3)37-24(35)34-23-17(6-5-9-29-23)19(31-34)13-33-20-8-7-18(27)22(21(20)30-32-33)36-16-11-14(26)10-15(12-16)28-4/h5-12H,13H2,1-3H3. The van der Waals surface area contributed by atoms with Crippen LogP contribution in [0.1, 0.15) is 26.5 Å². The zero-order valence-electron chi connectivity index (χ0n) is 19.9. The Morgan fingerprint density at radius 3 is 2.73 bits per heavy atom. The molecule has 0 bridgehead atoms. The van der Waals surface area contributed by atoms with Gasteiger partial charge in [0, 0.05) is 16.6 Å². The van der Waals surface area contributed by atoms with E-state index in [1.54, 1.807) is 62.0 Å². The van der Waals surface area contributed by atoms with Crippen molar-refractivity contribution in [3.8, 4) is 11.5 Å². The van der Waals surface area contributed by atoms with Crippen LogP contribution < -0.4 is 4.74 Å². The molecule has 12 heteroatoms. The first-order chi connectivity index (χ1) is 17.6. The lowest BCUT2D eigenvalue weighted by Gasteiger charge is -2.18. The van der Waals surface area contributed by atoms with E-state index in [0.717, 1.165) is 4.68 Å². The van der Waals surface area contributed by atoms with Crippen LogP contribution in [0.25, 0.3) is 26.9 Å². The number of rotatable bonds is 4. The topological polar surface area (TPSA) is 101 Å². The van der Waals surface area contributed by atoms with Gasteiger partial charge < -0.3 is 9.47 Å². The van der Waals surface area contributed by atoms with Gasteiger partial charge in [-0.2, -0.15) is 5.10 Å². The highest BCUT2D eigenvalue weighted by Gasteiger charge is 2.24. The molecule has 0 spiro atoms. The van der Waals surface area contributed by atoms with E-state index in [9.17, 15) is 4.79 Å². The van der Waals surface area contributed by atoms with Crippen LogP contribution in [0.2, 0.25) is 10.0 Å². The van der Waals surface area contributed by atoms with Crippen LogP contribution in [0.4, 0.5) is 10.5 Å². The summed E-state index contributed by atoms with van der Waals surface area (Å²) in [6.45, 7) is 12.8. The van der Waals surface area contributed by atoms with E-state index >= 15 is 0 Å². The van der Waals surface area contributed by atoms with Crippen molar-refractivity contribution in [2.75, 3.05) is 0 Å². The van der Waals surface area contributed by atoms with Gasteiger partial charge in [-0.1, -0.05) is 28.4 Å². The van der Waals surface area contributed by atoms with Gasteiger partial charge in [-0.25, -0.2) is 19.3 Å². The Labute approximate surface area is 221 Å². The highest BCUT2D eigenvalue weighted by atomic mass is 35.5. The van der Waals surface area contributed by atoms with E-state index in [0.29, 0.717) is 49.2 Å². The summed E-state index contributed by atoms with van der Waals surface area (Å²) in [5, 5.41) is 14.4. The summed E-state index contributed by atoms with van der Waals surface area (Å²) in [6.07, 6.45) is 0.953. The van der Waals surface area contributed by atoms with E-state index in [4.69, 9.17) is 39.2 Å². The number of ether oxygens (including phenoxy) is 2. The van der Waals surface area contributed by atoms with Crippen LogP contribution in [-0.4, -0.2) is 41.5 Å². The lowest BCUT2D eigenvalue weighted by Crippen LogP contribution is -2.28. The molecule has 0 amide bonds. The number of nitrogens with zero attached hydrogens (tertiary/aromatic N) is 7. The minimum Gasteiger partial charge on any atom is -0.455 e. The molecule has 0 fully saturated rings. The molecule has 2 aromatic carbocycles. The molecule has 0 atom stereocenters. The molecule has 10 nitrogen and oxygen atoms in total. The molecule has 0 radical (unpaired) electrons. The minimum absolute atomic E-state index is 0.189. The molecule has 5 aromatic rings. The Hall–Kier alpha value is -4.20. The van der Waals surface area contributed by atoms with Gasteiger partial charge in [0.05, 0.1) is 29.4 Å². The second-order valence-electron chi connectivity index (χ2n) is 9.06. The molecule has 0 aliphatic rings. The van der Waals surface area contributed by atoms with Gasteiger partial charge in [0.2, 0.25) is 0 Å². The summed E-state index contributed by atoms with van der Waals surface area (Å²) in [4.78, 5) is 20.5. The van der Waals surface area contributed by atoms with Crippen LogP contribution in [0.15, 0.2) is 48.7 Å². The first kappa shape index (κ1) is 24.5. The third-order valence-corrected chi connectivity index (χ3v) is 5.70. The third kappa shape index (κ3) is 4.91. The maximum absolute atomic E-state index is 12.8. The summed E-state index contributed by atoms with van der Waals surface area (Å²) in [5.41, 5.74) is 1.59. The molecule has 0 unspecified atom stereocenters. The maximum Gasteiger partial charge on any atom is 0.437 e. The number of pyridine rings is 1. The van der Waals surface area contributed by atoms with Crippen molar-refractivity contribution in [1.82, 2.24) is 29.8 Å². The third-order valence-electron chi connectivity index (χ3n) is 5.18. The molecule has 37 heavy (non-hydrogen) atoms. The number of aromatic nitrogens is 6. The van der Waals surface area contributed by atoms with Gasteiger partial charge in [-0.15, -0.1) is 9.78 Å². The fraction of sp³-hybridized carbons (Fsp3) is 0.200. The van der Waals surface area contributed by atoms with Gasteiger partial charge in [-0.3, -0.25) is 0 Å². The summed E-state index contributed by atoms with van der Waals surface area (Å²) in [5.74, 6) is 0.616. The van der Waals surface area contributed by atoms with Crippen LogP contribution in [-0.2, 0) is 11.3 Å². The van der Waals surface area contributed by atoms with Crippen molar-refractivity contribution in [3.63, 3.8) is 0 Å². The zero-order chi connectivity index (χ0) is 26.3. The van der Waals surface area contributed by atoms with Crippen molar-refractivity contribution in [2.45, 2.75) is 32.9 Å². The average molecular weight is 536 g/mol. The van der Waals surface area contributed by atoms with E-state index in [-0.39, 0.29) is 12.3 Å². The quantitative estimate of drug-likeness (QED) is 0.237. The van der Waals surface area contributed by atoms with Crippen molar-refractivity contribution in [2.24, 2.45) is 0 Å². The number of hydrogen-bond acceptors (Lipinski definition) is 7. The fourth-order valence-corrected chi connectivity index (χ4v) is 4.11. The lowest BCUT2D eigenvalue weighted by molar-refractivity contribution is 0.0521. The first-order valence-electron chi connectivity index (χ1n) is 11.1. The highest BCUT2D eigenvalue weighted by Crippen LogP contribution is 2.38. The summed E-state index contributed by atoms with van der Waals surface area (Å²) < 4.78 is 14.3. The van der Waals surface area contributed by atoms with Crippen LogP contribution in [0.5, 0.6) is 11.5 Å². The van der Waals surface area contributed by atoms with Crippen molar-refractivity contribution < 1.29 is 14.3 Å². The van der Waals surface area contributed by atoms with Gasteiger partial charge in [0.1, 0.15) is 11.4 Å². The SMILES string of the molecule is [C-]#[N+]c1cc(Cl)cc(Oc2c(Cl)ccc3c2nnn3Cc2nn(C(=O)OC(C)(C)C)c3ncccc23)c1. The van der Waals surface area contributed by atoms with Crippen LogP contribution in [0.3, 0.4) is 0 Å². The Kier molecular flexibility index (Phi) is 6.19. The zero-order valence-corrected chi connectivity index (χ0v) is 21.4. The number of halogens is 2. The predicted molar refractivity (Wildman–Crippen MR) is 139 cm³/mol. The Morgan fingerprint density at radius 1 is 1.16 bits per heavy atom. The molecule has 0 aliphatic heterocycles. The minimum atomic E-state index is -0.694. The second-order valence-corrected chi connectivity index (χ2v) is 9.91. The molecule has 0 N–H and O–H groups in total. The smallest absolute Gasteiger partial charge is 0.437 e. The number of benzene rings is 2. The lowest BCUT2D eigenvalue weighted by atomic mass is 10.2. The average Bonchev–Trinajstić information content (AvgIpc) is 3.41. The summed E-state index contributed by atoms with van der Waals surface area (Å²) in [7, 11) is 0. The van der Waals surface area contributed by atoms with Crippen molar-refractivity contribution in [3.05, 3.63) is 75.8 Å². The van der Waals surface area contributed by atoms with Gasteiger partial charge in [0.25, 0.3) is 0 Å². The number of fused-ring (bicyclic) bond motifs is 2. The molecule has 0 aliphatic carbocycles. The maximum atomic E-state index is 12.8. The van der Waals surface area contributed by atoms with E-state index in [1.807, 2.05) is 6.07 Å². The fourth-order valence-electron chi connectivity index (χ4n) is 3.70. The molecule has 3 heterocycles. The van der Waals surface area contributed by atoms with E-state index < -0.39 is 11.7 Å². The number of carbonyl (C=O) groups is 1. The molecule has 0 saturated carbocycles. The first-order valence-corrected chi connectivity index (χ1v) is 11.8. The van der Waals surface area contributed by atoms with Crippen molar-refractivity contribution in [1.29, 1.82) is 0 Å². The Balaban J connectivity index is 1.53. The van der Waals surface area contributed by atoms with Gasteiger partial charge >= 0.3 is 6.09 Å². The van der Waals surface area contributed by atoms with E-state index in [2.05, 4.69) is 25.2 Å². The predicted octanol–water partition coefficient (Wildman–Crippen LogP) is 6.66. The van der Waals surface area contributed by atoms with E-state index in [1.165, 1.54) is 6.07 Å². The molecule has 186 valence electrons. The number of hydrogen-bond donors (Lipinski definition) is 0.